The molecule has 1 aromatic rings. The van der Waals surface area contributed by atoms with Gasteiger partial charge in [0.05, 0.1) is 15.8 Å². The van der Waals surface area contributed by atoms with E-state index >= 15 is 0 Å². The second-order valence-electron chi connectivity index (χ2n) is 4.54. The van der Waals surface area contributed by atoms with Gasteiger partial charge in [-0.2, -0.15) is 0 Å². The van der Waals surface area contributed by atoms with Crippen LogP contribution >= 0.6 is 35.0 Å². The van der Waals surface area contributed by atoms with Crippen LogP contribution in [0.5, 0.6) is 0 Å². The van der Waals surface area contributed by atoms with Gasteiger partial charge in [-0.05, 0) is 18.2 Å². The highest BCUT2D eigenvalue weighted by atomic mass is 35.5. The summed E-state index contributed by atoms with van der Waals surface area (Å²) in [6.45, 7) is 5.76. The van der Waals surface area contributed by atoms with Crippen molar-refractivity contribution in [1.29, 1.82) is 0 Å². The van der Waals surface area contributed by atoms with Crippen molar-refractivity contribution in [2.24, 2.45) is 5.41 Å². The van der Waals surface area contributed by atoms with Crippen LogP contribution in [0.2, 0.25) is 10.0 Å². The quantitative estimate of drug-likeness (QED) is 0.745. The molecule has 0 fully saturated rings. The average molecular weight is 277 g/mol. The molecule has 0 spiro atoms. The monoisotopic (exact) mass is 276 g/mol. The molecule has 1 nitrogen and oxygen atoms in total. The summed E-state index contributed by atoms with van der Waals surface area (Å²) in [5.74, 6) is 0.685. The Morgan fingerprint density at radius 2 is 1.88 bits per heavy atom. The van der Waals surface area contributed by atoms with Crippen molar-refractivity contribution in [2.75, 3.05) is 5.75 Å². The first-order valence-corrected chi connectivity index (χ1v) is 6.66. The lowest BCUT2D eigenvalue weighted by Gasteiger charge is -2.15. The van der Waals surface area contributed by atoms with Crippen LogP contribution in [0.4, 0.5) is 0 Å². The van der Waals surface area contributed by atoms with Crippen LogP contribution < -0.4 is 0 Å². The molecule has 16 heavy (non-hydrogen) atoms. The first kappa shape index (κ1) is 13.9. The first-order valence-electron chi connectivity index (χ1n) is 4.92. The van der Waals surface area contributed by atoms with E-state index in [1.54, 1.807) is 12.1 Å². The van der Waals surface area contributed by atoms with Gasteiger partial charge in [-0.15, -0.1) is 11.8 Å². The van der Waals surface area contributed by atoms with E-state index < -0.39 is 0 Å². The van der Waals surface area contributed by atoms with Crippen molar-refractivity contribution in [3.05, 3.63) is 28.2 Å². The number of thioether (sulfide) groups is 1. The number of benzene rings is 1. The van der Waals surface area contributed by atoms with E-state index in [9.17, 15) is 4.79 Å². The van der Waals surface area contributed by atoms with Crippen molar-refractivity contribution >= 4 is 40.7 Å². The van der Waals surface area contributed by atoms with Crippen LogP contribution in [-0.4, -0.2) is 11.5 Å². The van der Waals surface area contributed by atoms with Gasteiger partial charge in [-0.1, -0.05) is 44.0 Å². The topological polar surface area (TPSA) is 17.1 Å². The lowest BCUT2D eigenvalue weighted by atomic mass is 9.92. The second kappa shape index (κ2) is 5.44. The molecule has 0 N–H and O–H groups in total. The van der Waals surface area contributed by atoms with E-state index in [0.29, 0.717) is 15.8 Å². The van der Waals surface area contributed by atoms with Gasteiger partial charge < -0.3 is 0 Å². The molecular weight excluding hydrogens is 263 g/mol. The van der Waals surface area contributed by atoms with Crippen molar-refractivity contribution in [3.63, 3.8) is 0 Å². The molecule has 0 heterocycles. The summed E-state index contributed by atoms with van der Waals surface area (Å²) < 4.78 is 0. The largest absolute Gasteiger partial charge is 0.298 e. The Kier molecular flexibility index (Phi) is 4.72. The summed E-state index contributed by atoms with van der Waals surface area (Å²) in [5, 5.41) is 1.06. The Balaban J connectivity index is 2.62. The van der Waals surface area contributed by atoms with Crippen LogP contribution in [-0.2, 0) is 4.79 Å². The van der Waals surface area contributed by atoms with Crippen molar-refractivity contribution in [1.82, 2.24) is 0 Å². The summed E-state index contributed by atoms with van der Waals surface area (Å²) in [5.41, 5.74) is -0.288. The van der Waals surface area contributed by atoms with Crippen LogP contribution in [0.15, 0.2) is 23.1 Å². The molecule has 1 rings (SSSR count). The van der Waals surface area contributed by atoms with Gasteiger partial charge in [0.25, 0.3) is 0 Å². The van der Waals surface area contributed by atoms with Gasteiger partial charge in [0.2, 0.25) is 0 Å². The van der Waals surface area contributed by atoms with Crippen molar-refractivity contribution in [2.45, 2.75) is 25.7 Å². The SMILES string of the molecule is CC(C)(C)C(=O)CSc1ccc(Cl)c(Cl)c1. The Morgan fingerprint density at radius 3 is 2.38 bits per heavy atom. The standard InChI is InChI=1S/C12H14Cl2OS/c1-12(2,3)11(15)7-16-8-4-5-9(13)10(14)6-8/h4-6H,7H2,1-3H3. The van der Waals surface area contributed by atoms with E-state index in [-0.39, 0.29) is 11.2 Å². The number of Topliss-reactive ketones (excluding diaryl/α,β-unsaturated/α-hetero) is 1. The third kappa shape index (κ3) is 4.00. The third-order valence-electron chi connectivity index (χ3n) is 2.10. The van der Waals surface area contributed by atoms with Gasteiger partial charge >= 0.3 is 0 Å². The molecule has 0 radical (unpaired) electrons. The number of carbonyl (C=O) groups is 1. The summed E-state index contributed by atoms with van der Waals surface area (Å²) in [6, 6.07) is 5.40. The van der Waals surface area contributed by atoms with Gasteiger partial charge in [0.1, 0.15) is 5.78 Å². The molecule has 0 saturated heterocycles. The predicted molar refractivity (Wildman–Crippen MR) is 71.6 cm³/mol. The molecule has 0 aliphatic heterocycles. The fourth-order valence-electron chi connectivity index (χ4n) is 0.932. The molecule has 0 bridgehead atoms. The lowest BCUT2D eigenvalue weighted by Crippen LogP contribution is -2.21. The highest BCUT2D eigenvalue weighted by Gasteiger charge is 2.20. The first-order chi connectivity index (χ1) is 7.30. The maximum absolute atomic E-state index is 11.7. The maximum atomic E-state index is 11.7. The van der Waals surface area contributed by atoms with Gasteiger partial charge in [-0.3, -0.25) is 4.79 Å². The minimum absolute atomic E-state index is 0.226. The van der Waals surface area contributed by atoms with Gasteiger partial charge in [0, 0.05) is 10.3 Å². The minimum atomic E-state index is -0.288. The lowest BCUT2D eigenvalue weighted by molar-refractivity contribution is -0.123. The zero-order valence-corrected chi connectivity index (χ0v) is 11.8. The number of ketones is 1. The highest BCUT2D eigenvalue weighted by molar-refractivity contribution is 8.00. The maximum Gasteiger partial charge on any atom is 0.148 e. The Hall–Kier alpha value is -0.180. The van der Waals surface area contributed by atoms with Crippen LogP contribution in [0, 0.1) is 5.41 Å². The smallest absolute Gasteiger partial charge is 0.148 e. The van der Waals surface area contributed by atoms with E-state index in [0.717, 1.165) is 4.90 Å². The number of rotatable bonds is 3. The van der Waals surface area contributed by atoms with E-state index in [1.165, 1.54) is 11.8 Å². The Morgan fingerprint density at radius 1 is 1.25 bits per heavy atom. The normalized spacial score (nSPS) is 11.6. The molecule has 1 aromatic carbocycles. The van der Waals surface area contributed by atoms with E-state index in [1.807, 2.05) is 26.8 Å². The summed E-state index contributed by atoms with van der Waals surface area (Å²) in [4.78, 5) is 12.7. The molecule has 0 aliphatic carbocycles. The molecule has 0 atom stereocenters. The fourth-order valence-corrected chi connectivity index (χ4v) is 2.39. The number of hydrogen-bond donors (Lipinski definition) is 0. The fraction of sp³-hybridized carbons (Fsp3) is 0.417. The molecule has 4 heteroatoms. The van der Waals surface area contributed by atoms with E-state index in [4.69, 9.17) is 23.2 Å². The minimum Gasteiger partial charge on any atom is -0.298 e. The zero-order chi connectivity index (χ0) is 12.3. The molecule has 88 valence electrons. The molecule has 0 amide bonds. The number of carbonyl (C=O) groups excluding carboxylic acids is 1. The van der Waals surface area contributed by atoms with E-state index in [2.05, 4.69) is 0 Å². The Bertz CT molecular complexity index is 396. The molecule has 0 saturated carbocycles. The highest BCUT2D eigenvalue weighted by Crippen LogP contribution is 2.29. The van der Waals surface area contributed by atoms with Crippen molar-refractivity contribution in [3.8, 4) is 0 Å². The third-order valence-corrected chi connectivity index (χ3v) is 3.83. The predicted octanol–water partition coefficient (Wildman–Crippen LogP) is 4.70. The molecule has 0 aliphatic rings. The zero-order valence-electron chi connectivity index (χ0n) is 9.51. The second-order valence-corrected chi connectivity index (χ2v) is 6.40. The molecule has 0 aromatic heterocycles. The van der Waals surface area contributed by atoms with Crippen molar-refractivity contribution < 1.29 is 4.79 Å². The van der Waals surface area contributed by atoms with Gasteiger partial charge in [0.15, 0.2) is 0 Å². The Labute approximate surface area is 111 Å². The summed E-state index contributed by atoms with van der Waals surface area (Å²) in [6.07, 6.45) is 0. The number of halogens is 2. The molecular formula is C12H14Cl2OS. The summed E-state index contributed by atoms with van der Waals surface area (Å²) >= 11 is 13.2. The van der Waals surface area contributed by atoms with Crippen LogP contribution in [0.1, 0.15) is 20.8 Å². The molecule has 0 unspecified atom stereocenters. The number of hydrogen-bond acceptors (Lipinski definition) is 2. The van der Waals surface area contributed by atoms with Crippen LogP contribution in [0.25, 0.3) is 0 Å². The average Bonchev–Trinajstić information content (AvgIpc) is 2.18. The van der Waals surface area contributed by atoms with Crippen LogP contribution in [0.3, 0.4) is 0 Å². The summed E-state index contributed by atoms with van der Waals surface area (Å²) in [7, 11) is 0. The van der Waals surface area contributed by atoms with Gasteiger partial charge in [-0.25, -0.2) is 0 Å².